The molecule has 7 nitrogen and oxygen atoms in total. The van der Waals surface area contributed by atoms with Gasteiger partial charge < -0.3 is 20.4 Å². The maximum absolute atomic E-state index is 12.8. The van der Waals surface area contributed by atoms with Crippen LogP contribution in [0.2, 0.25) is 19.6 Å². The van der Waals surface area contributed by atoms with Gasteiger partial charge in [0, 0.05) is 4.75 Å². The molecular weight excluding hydrogens is 394 g/mol. The van der Waals surface area contributed by atoms with E-state index in [1.807, 2.05) is 51.7 Å². The van der Waals surface area contributed by atoms with Gasteiger partial charge in [0.1, 0.15) is 23.5 Å². The maximum Gasteiger partial charge on any atom is 0.317 e. The minimum atomic E-state index is -2.08. The zero-order valence-electron chi connectivity index (χ0n) is 16.8. The van der Waals surface area contributed by atoms with E-state index in [4.69, 9.17) is 10.2 Å². The number of amides is 2. The Morgan fingerprint density at radius 3 is 2.43 bits per heavy atom. The number of hydrogen-bond donors (Lipinski definition) is 2. The molecule has 2 aliphatic heterocycles. The molecule has 2 saturated heterocycles. The monoisotopic (exact) mass is 421 g/mol. The molecule has 4 atom stereocenters. The van der Waals surface area contributed by atoms with Gasteiger partial charge in [-0.1, -0.05) is 30.3 Å². The SMILES string of the molecule is CC1(C)S[C@@H]2[C@H](NC(=O)[C@H](N)c3ccccc3)C(=O)N2[C@H]1C(=O)O[Si](C)(C)C. The molecule has 28 heavy (non-hydrogen) atoms. The molecule has 152 valence electrons. The Kier molecular flexibility index (Phi) is 5.37. The van der Waals surface area contributed by atoms with E-state index in [1.165, 1.54) is 11.8 Å². The molecule has 0 saturated carbocycles. The van der Waals surface area contributed by atoms with Crippen LogP contribution >= 0.6 is 11.8 Å². The van der Waals surface area contributed by atoms with E-state index >= 15 is 0 Å². The van der Waals surface area contributed by atoms with E-state index in [0.717, 1.165) is 0 Å². The van der Waals surface area contributed by atoms with Crippen molar-refractivity contribution in [3.8, 4) is 0 Å². The quantitative estimate of drug-likeness (QED) is 0.553. The lowest BCUT2D eigenvalue weighted by molar-refractivity contribution is -0.160. The van der Waals surface area contributed by atoms with E-state index in [-0.39, 0.29) is 17.3 Å². The van der Waals surface area contributed by atoms with Gasteiger partial charge in [-0.3, -0.25) is 14.4 Å². The van der Waals surface area contributed by atoms with Crippen LogP contribution in [-0.2, 0) is 18.8 Å². The first-order valence-electron chi connectivity index (χ1n) is 9.26. The molecule has 0 aliphatic carbocycles. The standard InChI is InChI=1S/C19H27N3O4SSi/c1-19(2)14(18(25)26-28(3,4)5)22-16(24)13(17(22)27-19)21-15(23)12(20)11-9-7-6-8-10-11/h6-10,12-14,17H,20H2,1-5H3,(H,21,23)/t12-,13-,14+,17-/m1/s1. The number of nitrogens with one attached hydrogen (secondary N) is 1. The van der Waals surface area contributed by atoms with Crippen molar-refractivity contribution in [1.29, 1.82) is 0 Å². The fraction of sp³-hybridized carbons (Fsp3) is 0.526. The molecule has 0 spiro atoms. The van der Waals surface area contributed by atoms with Crippen molar-refractivity contribution in [2.24, 2.45) is 5.73 Å². The highest BCUT2D eigenvalue weighted by Crippen LogP contribution is 2.51. The summed E-state index contributed by atoms with van der Waals surface area (Å²) in [4.78, 5) is 39.6. The van der Waals surface area contributed by atoms with Gasteiger partial charge in [-0.2, -0.15) is 0 Å². The average Bonchev–Trinajstić information content (AvgIpc) is 2.86. The first kappa shape index (κ1) is 20.9. The van der Waals surface area contributed by atoms with Gasteiger partial charge >= 0.3 is 5.97 Å². The van der Waals surface area contributed by atoms with E-state index in [2.05, 4.69) is 5.32 Å². The maximum atomic E-state index is 12.8. The smallest absolute Gasteiger partial charge is 0.317 e. The van der Waals surface area contributed by atoms with Crippen molar-refractivity contribution in [1.82, 2.24) is 10.2 Å². The minimum absolute atomic E-state index is 0.269. The molecule has 0 unspecified atom stereocenters. The lowest BCUT2D eigenvalue weighted by Gasteiger charge is -2.44. The minimum Gasteiger partial charge on any atom is -0.518 e. The second-order valence-corrected chi connectivity index (χ2v) is 14.9. The van der Waals surface area contributed by atoms with Crippen LogP contribution in [-0.4, -0.2) is 53.2 Å². The van der Waals surface area contributed by atoms with Gasteiger partial charge in [0.25, 0.3) is 0 Å². The fourth-order valence-electron chi connectivity index (χ4n) is 3.54. The Hall–Kier alpha value is -1.84. The Morgan fingerprint density at radius 2 is 1.86 bits per heavy atom. The van der Waals surface area contributed by atoms with Crippen molar-refractivity contribution < 1.29 is 18.8 Å². The van der Waals surface area contributed by atoms with Gasteiger partial charge in [0.2, 0.25) is 20.1 Å². The normalized spacial score (nSPS) is 26.9. The number of fused-ring (bicyclic) bond motifs is 1. The lowest BCUT2D eigenvalue weighted by Crippen LogP contribution is -2.71. The summed E-state index contributed by atoms with van der Waals surface area (Å²) in [5.41, 5.74) is 6.71. The van der Waals surface area contributed by atoms with Crippen molar-refractivity contribution >= 4 is 37.9 Å². The molecule has 0 bridgehead atoms. The number of thioether (sulfide) groups is 1. The van der Waals surface area contributed by atoms with E-state index in [1.54, 1.807) is 17.0 Å². The molecular formula is C19H27N3O4SSi. The van der Waals surface area contributed by atoms with Crippen molar-refractivity contribution in [3.63, 3.8) is 0 Å². The number of rotatable bonds is 5. The summed E-state index contributed by atoms with van der Waals surface area (Å²) >= 11 is 1.51. The Morgan fingerprint density at radius 1 is 1.25 bits per heavy atom. The molecule has 0 radical (unpaired) electrons. The third-order valence-corrected chi connectivity index (χ3v) is 7.20. The number of nitrogens with two attached hydrogens (primary N) is 1. The van der Waals surface area contributed by atoms with Crippen molar-refractivity contribution in [3.05, 3.63) is 35.9 Å². The lowest BCUT2D eigenvalue weighted by atomic mass is 9.95. The molecule has 2 heterocycles. The van der Waals surface area contributed by atoms with Gasteiger partial charge in [0.05, 0.1) is 0 Å². The summed E-state index contributed by atoms with van der Waals surface area (Å²) < 4.78 is 5.15. The summed E-state index contributed by atoms with van der Waals surface area (Å²) in [5, 5.41) is 2.46. The molecule has 2 fully saturated rings. The molecule has 3 N–H and O–H groups in total. The highest BCUT2D eigenvalue weighted by molar-refractivity contribution is 8.01. The van der Waals surface area contributed by atoms with Crippen LogP contribution in [0.5, 0.6) is 0 Å². The topological polar surface area (TPSA) is 102 Å². The Labute approximate surface area is 170 Å². The second kappa shape index (κ2) is 7.20. The highest BCUT2D eigenvalue weighted by Gasteiger charge is 2.64. The van der Waals surface area contributed by atoms with Crippen LogP contribution in [0.15, 0.2) is 30.3 Å². The number of β-lactam (4-membered cyclic amide) rings is 1. The van der Waals surface area contributed by atoms with Crippen LogP contribution in [0, 0.1) is 0 Å². The van der Waals surface area contributed by atoms with Crippen molar-refractivity contribution in [2.45, 2.75) is 61.7 Å². The summed E-state index contributed by atoms with van der Waals surface area (Å²) in [6, 6.07) is 6.82. The van der Waals surface area contributed by atoms with Gasteiger partial charge in [-0.15, -0.1) is 11.8 Å². The van der Waals surface area contributed by atoms with Crippen LogP contribution in [0.25, 0.3) is 0 Å². The van der Waals surface area contributed by atoms with Crippen molar-refractivity contribution in [2.75, 3.05) is 0 Å². The number of carbonyl (C=O) groups excluding carboxylic acids is 3. The van der Waals surface area contributed by atoms with Crippen LogP contribution in [0.4, 0.5) is 0 Å². The number of benzene rings is 1. The van der Waals surface area contributed by atoms with E-state index < -0.39 is 37.1 Å². The third kappa shape index (κ3) is 3.83. The molecule has 2 aliphatic rings. The number of hydrogen-bond acceptors (Lipinski definition) is 6. The molecule has 1 aromatic rings. The summed E-state index contributed by atoms with van der Waals surface area (Å²) in [6.07, 6.45) is 0. The predicted octanol–water partition coefficient (Wildman–Crippen LogP) is 1.61. The summed E-state index contributed by atoms with van der Waals surface area (Å²) in [6.45, 7) is 9.65. The first-order chi connectivity index (χ1) is 12.9. The molecule has 3 rings (SSSR count). The number of carbonyl (C=O) groups is 3. The summed E-state index contributed by atoms with van der Waals surface area (Å²) in [5.74, 6) is -1.04. The van der Waals surface area contributed by atoms with Crippen LogP contribution < -0.4 is 11.1 Å². The second-order valence-electron chi connectivity index (χ2n) is 8.67. The Balaban J connectivity index is 1.71. The Bertz CT molecular complexity index is 796. The molecule has 9 heteroatoms. The largest absolute Gasteiger partial charge is 0.518 e. The highest BCUT2D eigenvalue weighted by atomic mass is 32.2. The zero-order chi connectivity index (χ0) is 20.9. The number of nitrogens with zero attached hydrogens (tertiary/aromatic N) is 1. The zero-order valence-corrected chi connectivity index (χ0v) is 18.6. The van der Waals surface area contributed by atoms with Gasteiger partial charge in [-0.25, -0.2) is 0 Å². The predicted molar refractivity (Wildman–Crippen MR) is 111 cm³/mol. The molecule has 1 aromatic carbocycles. The molecule has 0 aromatic heterocycles. The summed E-state index contributed by atoms with van der Waals surface area (Å²) in [7, 11) is -2.08. The molecule has 2 amide bonds. The van der Waals surface area contributed by atoms with Gasteiger partial charge in [-0.05, 0) is 39.1 Å². The van der Waals surface area contributed by atoms with E-state index in [9.17, 15) is 14.4 Å². The van der Waals surface area contributed by atoms with Crippen LogP contribution in [0.1, 0.15) is 25.5 Å². The third-order valence-electron chi connectivity index (χ3n) is 4.81. The van der Waals surface area contributed by atoms with Crippen LogP contribution in [0.3, 0.4) is 0 Å². The van der Waals surface area contributed by atoms with Gasteiger partial charge in [0.15, 0.2) is 0 Å². The average molecular weight is 422 g/mol. The fourth-order valence-corrected chi connectivity index (χ4v) is 5.87. The van der Waals surface area contributed by atoms with E-state index in [0.29, 0.717) is 5.56 Å². The first-order valence-corrected chi connectivity index (χ1v) is 13.5.